The number of nitrogens with one attached hydrogen (secondary N) is 1. The molecule has 1 N–H and O–H groups in total. The molecule has 1 heterocycles. The summed E-state index contributed by atoms with van der Waals surface area (Å²) in [6, 6.07) is 0.723. The van der Waals surface area contributed by atoms with Crippen molar-refractivity contribution in [2.24, 2.45) is 0 Å². The van der Waals surface area contributed by atoms with Gasteiger partial charge < -0.3 is 5.32 Å². The summed E-state index contributed by atoms with van der Waals surface area (Å²) in [7, 11) is 0. The highest BCUT2D eigenvalue weighted by atomic mass is 35.5. The van der Waals surface area contributed by atoms with E-state index in [1.54, 1.807) is 0 Å². The molecule has 1 aromatic heterocycles. The summed E-state index contributed by atoms with van der Waals surface area (Å²) in [6.45, 7) is 3.83. The second kappa shape index (κ2) is 5.69. The number of aryl methyl sites for hydroxylation is 1. The predicted octanol–water partition coefficient (Wildman–Crippen LogP) is 2.77. The molecule has 1 aliphatic rings. The van der Waals surface area contributed by atoms with E-state index < -0.39 is 0 Å². The Balaban J connectivity index is 1.71. The molecule has 90 valence electrons. The first-order valence-electron chi connectivity index (χ1n) is 6.18. The summed E-state index contributed by atoms with van der Waals surface area (Å²) in [5, 5.41) is 8.69. The summed E-state index contributed by atoms with van der Waals surface area (Å²) in [5.74, 6) is 0. The van der Waals surface area contributed by atoms with Crippen molar-refractivity contribution in [2.45, 2.75) is 51.6 Å². The maximum absolute atomic E-state index is 5.95. The largest absolute Gasteiger partial charge is 0.312 e. The summed E-state index contributed by atoms with van der Waals surface area (Å²) in [5.41, 5.74) is 0.916. The molecule has 0 unspecified atom stereocenters. The molecule has 16 heavy (non-hydrogen) atoms. The molecule has 0 saturated heterocycles. The molecule has 0 atom stereocenters. The maximum atomic E-state index is 5.95. The van der Waals surface area contributed by atoms with E-state index >= 15 is 0 Å². The summed E-state index contributed by atoms with van der Waals surface area (Å²) < 4.78 is 1.92. The zero-order valence-corrected chi connectivity index (χ0v) is 10.6. The number of halogens is 1. The summed E-state index contributed by atoms with van der Waals surface area (Å²) >= 11 is 5.95. The normalized spacial score (nSPS) is 17.9. The molecule has 0 aromatic carbocycles. The van der Waals surface area contributed by atoms with E-state index in [-0.39, 0.29) is 0 Å². The highest BCUT2D eigenvalue weighted by Crippen LogP contribution is 2.17. The molecule has 2 rings (SSSR count). The Labute approximate surface area is 102 Å². The van der Waals surface area contributed by atoms with Gasteiger partial charge in [-0.25, -0.2) is 0 Å². The molecule has 0 aliphatic heterocycles. The minimum absolute atomic E-state index is 0.723. The number of aromatic nitrogens is 2. The Kier molecular flexibility index (Phi) is 4.24. The fourth-order valence-corrected chi connectivity index (χ4v) is 2.45. The lowest BCUT2D eigenvalue weighted by atomic mass is 9.95. The van der Waals surface area contributed by atoms with Crippen LogP contribution in [0.2, 0.25) is 5.02 Å². The van der Waals surface area contributed by atoms with Crippen molar-refractivity contribution in [1.29, 1.82) is 0 Å². The van der Waals surface area contributed by atoms with E-state index in [0.29, 0.717) is 0 Å². The average Bonchev–Trinajstić information content (AvgIpc) is 2.60. The van der Waals surface area contributed by atoms with Crippen LogP contribution >= 0.6 is 11.6 Å². The first-order valence-corrected chi connectivity index (χ1v) is 6.56. The molecule has 1 aromatic rings. The van der Waals surface area contributed by atoms with Crippen molar-refractivity contribution in [3.05, 3.63) is 16.9 Å². The van der Waals surface area contributed by atoms with Gasteiger partial charge in [0.05, 0.1) is 17.3 Å². The Morgan fingerprint density at radius 3 is 2.81 bits per heavy atom. The van der Waals surface area contributed by atoms with Crippen molar-refractivity contribution in [2.75, 3.05) is 6.54 Å². The lowest BCUT2D eigenvalue weighted by molar-refractivity contribution is 0.365. The highest BCUT2D eigenvalue weighted by molar-refractivity contribution is 6.31. The Morgan fingerprint density at radius 2 is 2.19 bits per heavy atom. The zero-order valence-electron chi connectivity index (χ0n) is 9.88. The second-order valence-corrected chi connectivity index (χ2v) is 5.02. The van der Waals surface area contributed by atoms with Crippen LogP contribution in [0.15, 0.2) is 6.20 Å². The summed E-state index contributed by atoms with van der Waals surface area (Å²) in [4.78, 5) is 0. The molecule has 1 fully saturated rings. The molecular formula is C12H20ClN3. The lowest BCUT2D eigenvalue weighted by Gasteiger charge is -2.22. The third kappa shape index (κ3) is 3.22. The molecule has 4 heteroatoms. The van der Waals surface area contributed by atoms with Gasteiger partial charge in [-0.3, -0.25) is 4.68 Å². The van der Waals surface area contributed by atoms with E-state index in [0.717, 1.165) is 29.8 Å². The van der Waals surface area contributed by atoms with Crippen LogP contribution in [0.1, 0.15) is 37.8 Å². The van der Waals surface area contributed by atoms with Gasteiger partial charge in [-0.2, -0.15) is 5.10 Å². The van der Waals surface area contributed by atoms with Crippen molar-refractivity contribution >= 4 is 11.6 Å². The van der Waals surface area contributed by atoms with Crippen LogP contribution in [-0.2, 0) is 6.54 Å². The predicted molar refractivity (Wildman–Crippen MR) is 66.8 cm³/mol. The fourth-order valence-electron chi connectivity index (χ4n) is 2.30. The third-order valence-corrected chi connectivity index (χ3v) is 3.64. The van der Waals surface area contributed by atoms with Crippen LogP contribution < -0.4 is 5.32 Å². The highest BCUT2D eigenvalue weighted by Gasteiger charge is 2.12. The minimum Gasteiger partial charge on any atom is -0.312 e. The van der Waals surface area contributed by atoms with Crippen LogP contribution in [0.3, 0.4) is 0 Å². The van der Waals surface area contributed by atoms with Gasteiger partial charge in [-0.1, -0.05) is 30.9 Å². The van der Waals surface area contributed by atoms with Crippen molar-refractivity contribution < 1.29 is 0 Å². The van der Waals surface area contributed by atoms with Gasteiger partial charge in [-0.15, -0.1) is 0 Å². The van der Waals surface area contributed by atoms with Crippen molar-refractivity contribution in [1.82, 2.24) is 15.1 Å². The minimum atomic E-state index is 0.723. The van der Waals surface area contributed by atoms with Gasteiger partial charge in [0, 0.05) is 18.8 Å². The quantitative estimate of drug-likeness (QED) is 0.879. The number of rotatable bonds is 4. The first kappa shape index (κ1) is 11.9. The third-order valence-electron chi connectivity index (χ3n) is 3.27. The number of hydrogen-bond donors (Lipinski definition) is 1. The maximum Gasteiger partial charge on any atom is 0.0814 e. The Morgan fingerprint density at radius 1 is 1.44 bits per heavy atom. The molecule has 0 radical (unpaired) electrons. The van der Waals surface area contributed by atoms with E-state index in [2.05, 4.69) is 10.4 Å². The van der Waals surface area contributed by atoms with Crippen LogP contribution in [0, 0.1) is 6.92 Å². The summed E-state index contributed by atoms with van der Waals surface area (Å²) in [6.07, 6.45) is 8.73. The van der Waals surface area contributed by atoms with Gasteiger partial charge >= 0.3 is 0 Å². The van der Waals surface area contributed by atoms with Crippen molar-refractivity contribution in [3.63, 3.8) is 0 Å². The molecule has 1 aliphatic carbocycles. The Bertz CT molecular complexity index is 310. The van der Waals surface area contributed by atoms with E-state index in [4.69, 9.17) is 11.6 Å². The molecule has 1 saturated carbocycles. The smallest absolute Gasteiger partial charge is 0.0814 e. The van der Waals surface area contributed by atoms with E-state index in [1.165, 1.54) is 32.1 Å². The first-order chi connectivity index (χ1) is 7.75. The molecule has 3 nitrogen and oxygen atoms in total. The van der Waals surface area contributed by atoms with E-state index in [1.807, 2.05) is 17.8 Å². The fraction of sp³-hybridized carbons (Fsp3) is 0.750. The lowest BCUT2D eigenvalue weighted by Crippen LogP contribution is -2.33. The van der Waals surface area contributed by atoms with Crippen LogP contribution in [0.5, 0.6) is 0 Å². The molecule has 0 amide bonds. The van der Waals surface area contributed by atoms with Crippen LogP contribution in [0.4, 0.5) is 0 Å². The standard InChI is InChI=1S/C12H20ClN3/c1-10-12(13)9-16(15-10)8-7-14-11-5-3-2-4-6-11/h9,11,14H,2-8H2,1H3. The Hall–Kier alpha value is -0.540. The van der Waals surface area contributed by atoms with Gasteiger partial charge in [-0.05, 0) is 19.8 Å². The van der Waals surface area contributed by atoms with Crippen molar-refractivity contribution in [3.8, 4) is 0 Å². The monoisotopic (exact) mass is 241 g/mol. The zero-order chi connectivity index (χ0) is 11.4. The molecule has 0 spiro atoms. The molecule has 0 bridgehead atoms. The van der Waals surface area contributed by atoms with Gasteiger partial charge in [0.1, 0.15) is 0 Å². The van der Waals surface area contributed by atoms with E-state index in [9.17, 15) is 0 Å². The van der Waals surface area contributed by atoms with Gasteiger partial charge in [0.15, 0.2) is 0 Å². The van der Waals surface area contributed by atoms with Crippen LogP contribution in [-0.4, -0.2) is 22.4 Å². The molecular weight excluding hydrogens is 222 g/mol. The topological polar surface area (TPSA) is 29.9 Å². The number of hydrogen-bond acceptors (Lipinski definition) is 2. The van der Waals surface area contributed by atoms with Gasteiger partial charge in [0.2, 0.25) is 0 Å². The second-order valence-electron chi connectivity index (χ2n) is 4.61. The van der Waals surface area contributed by atoms with Gasteiger partial charge in [0.25, 0.3) is 0 Å². The SMILES string of the molecule is Cc1nn(CCNC2CCCCC2)cc1Cl. The average molecular weight is 242 g/mol. The van der Waals surface area contributed by atoms with Crippen LogP contribution in [0.25, 0.3) is 0 Å². The number of nitrogens with zero attached hydrogens (tertiary/aromatic N) is 2.